The molecule has 0 spiro atoms. The van der Waals surface area contributed by atoms with Crippen LogP contribution < -0.4 is 21.2 Å². The zero-order valence-electron chi connectivity index (χ0n) is 38.3. The normalized spacial score (nSPS) is 13.7. The highest BCUT2D eigenvalue weighted by Gasteiger charge is 2.31. The molecule has 4 aromatic rings. The first kappa shape index (κ1) is 45.4. The maximum atomic E-state index is 2.61. The third kappa shape index (κ3) is 11.4. The van der Waals surface area contributed by atoms with E-state index in [1.807, 2.05) is 0 Å². The van der Waals surface area contributed by atoms with Crippen LogP contribution >= 0.6 is 15.8 Å². The summed E-state index contributed by atoms with van der Waals surface area (Å²) in [6.07, 6.45) is 1.19. The van der Waals surface area contributed by atoms with Crippen LogP contribution in [0.3, 0.4) is 0 Å². The van der Waals surface area contributed by atoms with Crippen molar-refractivity contribution < 1.29 is 0 Å². The van der Waals surface area contributed by atoms with Crippen LogP contribution in [-0.2, 0) is 0 Å². The van der Waals surface area contributed by atoms with E-state index in [1.54, 1.807) is 21.2 Å². The van der Waals surface area contributed by atoms with Crippen LogP contribution in [0.5, 0.6) is 0 Å². The molecule has 300 valence electrons. The molecule has 0 unspecified atom stereocenters. The second kappa shape index (κ2) is 19.5. The van der Waals surface area contributed by atoms with Crippen molar-refractivity contribution in [2.24, 2.45) is 0 Å². The van der Waals surface area contributed by atoms with Crippen molar-refractivity contribution >= 4 is 37.1 Å². The summed E-state index contributed by atoms with van der Waals surface area (Å²) in [5, 5.41) is 6.27. The SMILES string of the molecule is CC(C)c1cc(C(C)C)cc(P(c2cc(C(C)C)cc(C(C)C)c2)[C@@H](C)C[C@H](C)P(c2cc(C(C)C)cc(C(C)C)c2)c2cc(C(C)C)cc(C(C)C)c2)c1. The van der Waals surface area contributed by atoms with E-state index in [2.05, 4.69) is 197 Å². The summed E-state index contributed by atoms with van der Waals surface area (Å²) in [7, 11) is -1.25. The monoisotopic (exact) mass is 777 g/mol. The van der Waals surface area contributed by atoms with E-state index in [0.29, 0.717) is 58.7 Å². The molecule has 4 rings (SSSR count). The number of rotatable bonds is 16. The minimum Gasteiger partial charge on any atom is -0.0587 e. The van der Waals surface area contributed by atoms with Gasteiger partial charge >= 0.3 is 0 Å². The third-order valence-corrected chi connectivity index (χ3v) is 17.3. The van der Waals surface area contributed by atoms with Crippen LogP contribution in [0.15, 0.2) is 72.8 Å². The Hall–Kier alpha value is -2.26. The number of hydrogen-bond acceptors (Lipinski definition) is 0. The summed E-state index contributed by atoms with van der Waals surface area (Å²) in [5.41, 5.74) is 12.9. The zero-order chi connectivity index (χ0) is 41.0. The fraction of sp³-hybridized carbons (Fsp3) is 0.547. The van der Waals surface area contributed by atoms with Crippen LogP contribution in [0.1, 0.15) is 223 Å². The molecule has 0 aromatic heterocycles. The van der Waals surface area contributed by atoms with E-state index in [9.17, 15) is 0 Å². The fourth-order valence-corrected chi connectivity index (χ4v) is 14.0. The van der Waals surface area contributed by atoms with Crippen LogP contribution in [-0.4, -0.2) is 11.3 Å². The Labute approximate surface area is 342 Å². The number of hydrogen-bond donors (Lipinski definition) is 0. The highest BCUT2D eigenvalue weighted by Crippen LogP contribution is 2.50. The van der Waals surface area contributed by atoms with E-state index in [0.717, 1.165) is 0 Å². The van der Waals surface area contributed by atoms with Crippen LogP contribution in [0.25, 0.3) is 0 Å². The lowest BCUT2D eigenvalue weighted by Gasteiger charge is -2.34. The van der Waals surface area contributed by atoms with Crippen LogP contribution in [0.2, 0.25) is 0 Å². The predicted octanol–water partition coefficient (Wildman–Crippen LogP) is 15.4. The van der Waals surface area contributed by atoms with Gasteiger partial charge in [-0.25, -0.2) is 0 Å². The van der Waals surface area contributed by atoms with E-state index >= 15 is 0 Å². The Kier molecular flexibility index (Phi) is 16.1. The van der Waals surface area contributed by atoms with E-state index in [1.165, 1.54) is 50.9 Å². The Morgan fingerprint density at radius 1 is 0.255 bits per heavy atom. The van der Waals surface area contributed by atoms with E-state index < -0.39 is 15.8 Å². The highest BCUT2D eigenvalue weighted by atomic mass is 31.1. The maximum absolute atomic E-state index is 2.61. The van der Waals surface area contributed by atoms with Crippen molar-refractivity contribution in [2.75, 3.05) is 0 Å². The molecule has 2 atom stereocenters. The van der Waals surface area contributed by atoms with Crippen molar-refractivity contribution in [1.29, 1.82) is 0 Å². The summed E-state index contributed by atoms with van der Waals surface area (Å²) in [6, 6.07) is 30.8. The molecule has 0 amide bonds. The molecule has 0 saturated carbocycles. The van der Waals surface area contributed by atoms with Gasteiger partial charge in [-0.3, -0.25) is 0 Å². The Morgan fingerprint density at radius 2 is 0.400 bits per heavy atom. The molecule has 0 aliphatic rings. The second-order valence-electron chi connectivity index (χ2n) is 19.3. The molecule has 0 radical (unpaired) electrons. The quantitative estimate of drug-likeness (QED) is 0.0994. The molecule has 0 aliphatic carbocycles. The van der Waals surface area contributed by atoms with E-state index in [4.69, 9.17) is 0 Å². The summed E-state index contributed by atoms with van der Waals surface area (Å²) in [4.78, 5) is 0. The van der Waals surface area contributed by atoms with Gasteiger partial charge in [-0.05, 0) is 147 Å². The van der Waals surface area contributed by atoms with Crippen molar-refractivity contribution in [1.82, 2.24) is 0 Å². The Balaban J connectivity index is 1.99. The van der Waals surface area contributed by atoms with E-state index in [-0.39, 0.29) is 0 Å². The van der Waals surface area contributed by atoms with Gasteiger partial charge in [0.1, 0.15) is 0 Å². The minimum absolute atomic E-state index is 0.497. The lowest BCUT2D eigenvalue weighted by atomic mass is 9.96. The average molecular weight is 777 g/mol. The minimum atomic E-state index is -0.627. The van der Waals surface area contributed by atoms with Crippen molar-refractivity contribution in [2.45, 2.75) is 190 Å². The van der Waals surface area contributed by atoms with Gasteiger partial charge in [-0.2, -0.15) is 0 Å². The molecule has 0 bridgehead atoms. The summed E-state index contributed by atoms with van der Waals surface area (Å²) in [6.45, 7) is 43.1. The standard InChI is InChI=1S/C53H78P2/c1-32(2)42-20-43(33(3)4)25-50(24-42)54(51-26-44(34(5)6)21-45(27-51)35(7)8)40(17)19-41(18)55(52-28-46(36(9)10)22-47(29-52)37(11)12)53-30-48(38(13)14)23-49(31-53)39(15)16/h20-41H,19H2,1-18H3/t40-,41-/m0/s1. The van der Waals surface area contributed by atoms with Gasteiger partial charge in [0, 0.05) is 0 Å². The lowest BCUT2D eigenvalue weighted by Crippen LogP contribution is -2.28. The van der Waals surface area contributed by atoms with Crippen LogP contribution in [0, 0.1) is 0 Å². The molecule has 0 heterocycles. The van der Waals surface area contributed by atoms with Gasteiger partial charge in [0.05, 0.1) is 0 Å². The summed E-state index contributed by atoms with van der Waals surface area (Å²) in [5.74, 6) is 3.97. The molecule has 4 aromatic carbocycles. The molecule has 2 heteroatoms. The molecule has 55 heavy (non-hydrogen) atoms. The Bertz CT molecular complexity index is 1490. The van der Waals surface area contributed by atoms with Crippen molar-refractivity contribution in [3.63, 3.8) is 0 Å². The first-order valence-corrected chi connectivity index (χ1v) is 24.7. The third-order valence-electron chi connectivity index (χ3n) is 11.9. The van der Waals surface area contributed by atoms with Gasteiger partial charge in [0.15, 0.2) is 0 Å². The first-order chi connectivity index (χ1) is 25.7. The average Bonchev–Trinajstić information content (AvgIpc) is 3.11. The summed E-state index contributed by atoms with van der Waals surface area (Å²) < 4.78 is 0. The largest absolute Gasteiger partial charge is 0.0587 e. The smallest absolute Gasteiger partial charge is 0.0151 e. The topological polar surface area (TPSA) is 0 Å². The molecule has 0 N–H and O–H groups in total. The zero-order valence-corrected chi connectivity index (χ0v) is 40.1. The molecule has 0 saturated heterocycles. The van der Waals surface area contributed by atoms with Gasteiger partial charge in [0.25, 0.3) is 0 Å². The number of benzene rings is 4. The van der Waals surface area contributed by atoms with Crippen molar-refractivity contribution in [3.8, 4) is 0 Å². The fourth-order valence-electron chi connectivity index (χ4n) is 7.88. The molecule has 0 fully saturated rings. The van der Waals surface area contributed by atoms with Crippen LogP contribution in [0.4, 0.5) is 0 Å². The highest BCUT2D eigenvalue weighted by molar-refractivity contribution is 7.74. The Morgan fingerprint density at radius 3 is 0.527 bits per heavy atom. The second-order valence-corrected chi connectivity index (χ2v) is 24.7. The molecule has 0 nitrogen and oxygen atoms in total. The summed E-state index contributed by atoms with van der Waals surface area (Å²) >= 11 is 0. The first-order valence-electron chi connectivity index (χ1n) is 21.9. The lowest BCUT2D eigenvalue weighted by molar-refractivity contribution is 0.791. The maximum Gasteiger partial charge on any atom is -0.0151 e. The molecule has 0 aliphatic heterocycles. The van der Waals surface area contributed by atoms with Gasteiger partial charge in [-0.1, -0.05) is 197 Å². The predicted molar refractivity (Wildman–Crippen MR) is 254 cm³/mol. The van der Waals surface area contributed by atoms with Gasteiger partial charge in [-0.15, -0.1) is 0 Å². The molecular formula is C53H78P2. The van der Waals surface area contributed by atoms with Gasteiger partial charge in [0.2, 0.25) is 0 Å². The van der Waals surface area contributed by atoms with Crippen molar-refractivity contribution in [3.05, 3.63) is 117 Å². The molecular weight excluding hydrogens is 699 g/mol. The van der Waals surface area contributed by atoms with Gasteiger partial charge < -0.3 is 0 Å².